The molecule has 0 saturated heterocycles. The first kappa shape index (κ1) is 27.3. The number of carbonyl (C=O) groups excluding carboxylic acids is 1. The Bertz CT molecular complexity index is 1760. The number of amides is 1. The van der Waals surface area contributed by atoms with Crippen molar-refractivity contribution in [2.45, 2.75) is 18.4 Å². The molecule has 5 rings (SSSR count). The monoisotopic (exact) mass is 572 g/mol. The Balaban J connectivity index is 1.45. The van der Waals surface area contributed by atoms with Gasteiger partial charge in [0.2, 0.25) is 15.2 Å². The molecule has 0 aliphatic heterocycles. The summed E-state index contributed by atoms with van der Waals surface area (Å²) in [5.74, 6) is -0.911. The van der Waals surface area contributed by atoms with Gasteiger partial charge < -0.3 is 0 Å². The van der Waals surface area contributed by atoms with Crippen molar-refractivity contribution >= 4 is 48.8 Å². The van der Waals surface area contributed by atoms with Gasteiger partial charge in [-0.25, -0.2) is 17.8 Å². The Hall–Kier alpha value is -4.25. The Morgan fingerprint density at radius 2 is 1.62 bits per heavy atom. The summed E-state index contributed by atoms with van der Waals surface area (Å²) in [7, 11) is -3.80. The predicted molar refractivity (Wildman–Crippen MR) is 157 cm³/mol. The lowest BCUT2D eigenvalue weighted by Crippen LogP contribution is -2.30. The van der Waals surface area contributed by atoms with Crippen LogP contribution < -0.4 is 5.01 Å². The first-order valence-corrected chi connectivity index (χ1v) is 14.7. The number of rotatable bonds is 9. The first-order chi connectivity index (χ1) is 19.3. The van der Waals surface area contributed by atoms with Crippen LogP contribution in [0, 0.1) is 5.82 Å². The minimum Gasteiger partial charge on any atom is -0.267 e. The van der Waals surface area contributed by atoms with Crippen LogP contribution in [0.15, 0.2) is 113 Å². The van der Waals surface area contributed by atoms with Gasteiger partial charge >= 0.3 is 0 Å². The van der Waals surface area contributed by atoms with Crippen molar-refractivity contribution in [2.75, 3.05) is 11.6 Å². The van der Waals surface area contributed by atoms with Crippen LogP contribution in [0.5, 0.6) is 0 Å². The van der Waals surface area contributed by atoms with Gasteiger partial charge in [-0.2, -0.15) is 14.4 Å². The molecular weight excluding hydrogens is 547 g/mol. The number of fused-ring (bicyclic) bond motifs is 1. The highest BCUT2D eigenvalue weighted by molar-refractivity contribution is 7.89. The molecule has 0 saturated carbocycles. The van der Waals surface area contributed by atoms with Crippen molar-refractivity contribution in [1.29, 1.82) is 0 Å². The van der Waals surface area contributed by atoms with E-state index in [1.807, 2.05) is 60.7 Å². The van der Waals surface area contributed by atoms with Crippen LogP contribution in [0.1, 0.15) is 28.4 Å². The minimum atomic E-state index is -3.80. The zero-order valence-electron chi connectivity index (χ0n) is 21.5. The van der Waals surface area contributed by atoms with Crippen molar-refractivity contribution in [3.05, 3.63) is 126 Å². The molecule has 1 amide bonds. The largest absolute Gasteiger partial charge is 0.280 e. The molecule has 0 spiro atoms. The quantitative estimate of drug-likeness (QED) is 0.153. The second kappa shape index (κ2) is 11.9. The number of thiazole rings is 1. The van der Waals surface area contributed by atoms with Crippen molar-refractivity contribution in [2.24, 2.45) is 5.10 Å². The minimum absolute atomic E-state index is 0.0802. The van der Waals surface area contributed by atoms with Crippen LogP contribution in [0.25, 0.3) is 10.2 Å². The van der Waals surface area contributed by atoms with Crippen LogP contribution in [0.2, 0.25) is 0 Å². The number of sulfonamides is 1. The third-order valence-corrected chi connectivity index (χ3v) is 9.06. The normalized spacial score (nSPS) is 11.9. The van der Waals surface area contributed by atoms with E-state index in [4.69, 9.17) is 0 Å². The highest BCUT2D eigenvalue weighted by Gasteiger charge is 2.25. The van der Waals surface area contributed by atoms with Crippen LogP contribution in [0.3, 0.4) is 0 Å². The number of anilines is 1. The number of hydrazone groups is 1. The zero-order valence-corrected chi connectivity index (χ0v) is 23.1. The van der Waals surface area contributed by atoms with Crippen LogP contribution >= 0.6 is 11.3 Å². The molecule has 1 heterocycles. The number of hydrogen-bond donors (Lipinski definition) is 0. The number of halogens is 1. The van der Waals surface area contributed by atoms with E-state index in [1.54, 1.807) is 13.0 Å². The lowest BCUT2D eigenvalue weighted by molar-refractivity contribution is 0.0987. The van der Waals surface area contributed by atoms with Gasteiger partial charge in [-0.15, -0.1) is 0 Å². The van der Waals surface area contributed by atoms with E-state index in [2.05, 4.69) is 10.1 Å². The molecule has 0 radical (unpaired) electrons. The fourth-order valence-corrected chi connectivity index (χ4v) is 6.41. The van der Waals surface area contributed by atoms with Crippen LogP contribution in [0.4, 0.5) is 9.52 Å². The van der Waals surface area contributed by atoms with E-state index in [-0.39, 0.29) is 28.7 Å². The Morgan fingerprint density at radius 1 is 0.950 bits per heavy atom. The molecule has 0 N–H and O–H groups in total. The molecule has 0 aliphatic rings. The molecule has 4 aromatic carbocycles. The maximum atomic E-state index is 13.8. The molecule has 10 heteroatoms. The highest BCUT2D eigenvalue weighted by Crippen LogP contribution is 2.31. The summed E-state index contributed by atoms with van der Waals surface area (Å²) in [5, 5.41) is 5.81. The van der Waals surface area contributed by atoms with Crippen molar-refractivity contribution in [3.8, 4) is 0 Å². The summed E-state index contributed by atoms with van der Waals surface area (Å²) in [5.41, 5.74) is 2.41. The molecule has 1 aromatic heterocycles. The summed E-state index contributed by atoms with van der Waals surface area (Å²) in [6.45, 7) is 2.31. The van der Waals surface area contributed by atoms with Crippen molar-refractivity contribution in [1.82, 2.24) is 9.29 Å². The van der Waals surface area contributed by atoms with E-state index in [9.17, 15) is 17.6 Å². The third-order valence-electron chi connectivity index (χ3n) is 6.13. The highest BCUT2D eigenvalue weighted by atomic mass is 32.2. The Kier molecular flexibility index (Phi) is 8.11. The van der Waals surface area contributed by atoms with E-state index in [0.717, 1.165) is 27.5 Å². The van der Waals surface area contributed by atoms with Crippen molar-refractivity contribution < 1.29 is 17.6 Å². The standard InChI is InChI=1S/C30H25FN4O3S2/c1-2-34(21-23-11-7-4-8-12-23)40(37,38)26-16-13-24(14-17-26)29(36)35(32-20-22-9-5-3-6-10-22)30-33-27-18-15-25(31)19-28(27)39-30/h3-20H,2,21H2,1H3/b32-20+. The molecule has 0 bridgehead atoms. The molecule has 0 aliphatic carbocycles. The summed E-state index contributed by atoms with van der Waals surface area (Å²) in [6.07, 6.45) is 1.53. The summed E-state index contributed by atoms with van der Waals surface area (Å²) in [6, 6.07) is 28.6. The number of aromatic nitrogens is 1. The topological polar surface area (TPSA) is 82.9 Å². The average Bonchev–Trinajstić information content (AvgIpc) is 3.39. The van der Waals surface area contributed by atoms with Gasteiger partial charge in [0.15, 0.2) is 0 Å². The molecule has 0 unspecified atom stereocenters. The van der Waals surface area contributed by atoms with E-state index in [1.165, 1.54) is 46.9 Å². The summed E-state index contributed by atoms with van der Waals surface area (Å²) < 4.78 is 42.5. The maximum Gasteiger partial charge on any atom is 0.280 e. The molecule has 0 fully saturated rings. The first-order valence-electron chi connectivity index (χ1n) is 12.5. The van der Waals surface area contributed by atoms with Gasteiger partial charge in [-0.1, -0.05) is 78.9 Å². The third kappa shape index (κ3) is 5.99. The smallest absolute Gasteiger partial charge is 0.267 e. The van der Waals surface area contributed by atoms with Gasteiger partial charge in [0.05, 0.1) is 21.3 Å². The van der Waals surface area contributed by atoms with Crippen LogP contribution in [-0.4, -0.2) is 36.4 Å². The Labute approximate surface area is 235 Å². The second-order valence-corrected chi connectivity index (χ2v) is 11.8. The lowest BCUT2D eigenvalue weighted by atomic mass is 10.2. The van der Waals surface area contributed by atoms with Crippen molar-refractivity contribution in [3.63, 3.8) is 0 Å². The fraction of sp³-hybridized carbons (Fsp3) is 0.100. The number of carbonyl (C=O) groups is 1. The summed E-state index contributed by atoms with van der Waals surface area (Å²) >= 11 is 1.13. The molecular formula is C30H25FN4O3S2. The van der Waals surface area contributed by atoms with Gasteiger partial charge in [-0.3, -0.25) is 4.79 Å². The number of benzene rings is 4. The van der Waals surface area contributed by atoms with E-state index in [0.29, 0.717) is 10.2 Å². The molecule has 7 nitrogen and oxygen atoms in total. The average molecular weight is 573 g/mol. The fourth-order valence-electron chi connectivity index (χ4n) is 4.02. The van der Waals surface area contributed by atoms with Gasteiger partial charge in [0.1, 0.15) is 5.82 Å². The maximum absolute atomic E-state index is 13.8. The van der Waals surface area contributed by atoms with Gasteiger partial charge in [0.25, 0.3) is 5.91 Å². The van der Waals surface area contributed by atoms with Gasteiger partial charge in [0, 0.05) is 18.7 Å². The molecule has 0 atom stereocenters. The van der Waals surface area contributed by atoms with Crippen LogP contribution in [-0.2, 0) is 16.6 Å². The number of nitrogens with zero attached hydrogens (tertiary/aromatic N) is 4. The van der Waals surface area contributed by atoms with E-state index < -0.39 is 21.7 Å². The molecule has 5 aromatic rings. The molecule has 202 valence electrons. The SMILES string of the molecule is CCN(Cc1ccccc1)S(=O)(=O)c1ccc(C(=O)N(/N=C/c2ccccc2)c2nc3ccc(F)cc3s2)cc1. The summed E-state index contributed by atoms with van der Waals surface area (Å²) in [4.78, 5) is 18.2. The number of hydrogen-bond acceptors (Lipinski definition) is 6. The predicted octanol–water partition coefficient (Wildman–Crippen LogP) is 6.33. The Morgan fingerprint density at radius 3 is 2.30 bits per heavy atom. The van der Waals surface area contributed by atoms with Gasteiger partial charge in [-0.05, 0) is 53.6 Å². The lowest BCUT2D eigenvalue weighted by Gasteiger charge is -2.21. The zero-order chi connectivity index (χ0) is 28.1. The molecule has 40 heavy (non-hydrogen) atoms. The second-order valence-electron chi connectivity index (χ2n) is 8.82. The van der Waals surface area contributed by atoms with E-state index >= 15 is 0 Å².